The molecule has 0 aliphatic heterocycles. The predicted molar refractivity (Wildman–Crippen MR) is 105 cm³/mol. The number of benzene rings is 1. The highest BCUT2D eigenvalue weighted by atomic mass is 35.5. The number of amides is 1. The second-order valence-electron chi connectivity index (χ2n) is 5.46. The molecule has 1 amide bonds. The van der Waals surface area contributed by atoms with Crippen LogP contribution in [0.25, 0.3) is 6.08 Å². The molecular formula is C19H15Cl2N3O4. The number of esters is 1. The lowest BCUT2D eigenvalue weighted by molar-refractivity contribution is -0.148. The van der Waals surface area contributed by atoms with Crippen molar-refractivity contribution in [2.24, 2.45) is 0 Å². The first kappa shape index (κ1) is 21.2. The molecule has 2 aromatic rings. The Balaban J connectivity index is 2.05. The zero-order valence-electron chi connectivity index (χ0n) is 14.9. The lowest BCUT2D eigenvalue weighted by Crippen LogP contribution is -2.30. The van der Waals surface area contributed by atoms with E-state index in [0.717, 1.165) is 0 Å². The lowest BCUT2D eigenvalue weighted by Gasteiger charge is -2.13. The van der Waals surface area contributed by atoms with Crippen molar-refractivity contribution in [1.29, 1.82) is 5.26 Å². The molecular weight excluding hydrogens is 405 g/mol. The molecule has 144 valence electrons. The summed E-state index contributed by atoms with van der Waals surface area (Å²) in [5.41, 5.74) is 0.344. The Bertz CT molecular complexity index is 953. The van der Waals surface area contributed by atoms with Crippen LogP contribution < -0.4 is 10.1 Å². The van der Waals surface area contributed by atoms with Gasteiger partial charge in [-0.3, -0.25) is 4.79 Å². The summed E-state index contributed by atoms with van der Waals surface area (Å²) in [6.07, 6.45) is 1.48. The number of nitriles is 1. The number of hydrogen-bond acceptors (Lipinski definition) is 6. The summed E-state index contributed by atoms with van der Waals surface area (Å²) >= 11 is 11.7. The van der Waals surface area contributed by atoms with Crippen LogP contribution in [0.1, 0.15) is 12.5 Å². The van der Waals surface area contributed by atoms with Crippen molar-refractivity contribution in [3.05, 3.63) is 57.7 Å². The van der Waals surface area contributed by atoms with E-state index in [1.54, 1.807) is 30.3 Å². The topological polar surface area (TPSA) is 101 Å². The van der Waals surface area contributed by atoms with Crippen molar-refractivity contribution < 1.29 is 19.1 Å². The second kappa shape index (κ2) is 9.74. The van der Waals surface area contributed by atoms with Crippen LogP contribution in [-0.2, 0) is 14.3 Å². The smallest absolute Gasteiger partial charge is 0.349 e. The van der Waals surface area contributed by atoms with Gasteiger partial charge in [0.1, 0.15) is 17.4 Å². The number of pyridine rings is 1. The molecule has 0 spiro atoms. The molecule has 1 aromatic carbocycles. The maximum atomic E-state index is 12.2. The number of carbonyl (C=O) groups excluding carboxylic acids is 2. The van der Waals surface area contributed by atoms with E-state index in [2.05, 4.69) is 10.3 Å². The number of anilines is 1. The molecule has 28 heavy (non-hydrogen) atoms. The van der Waals surface area contributed by atoms with Gasteiger partial charge in [0.2, 0.25) is 0 Å². The van der Waals surface area contributed by atoms with Gasteiger partial charge in [-0.05, 0) is 36.8 Å². The largest absolute Gasteiger partial charge is 0.497 e. The van der Waals surface area contributed by atoms with Crippen molar-refractivity contribution in [1.82, 2.24) is 4.98 Å². The van der Waals surface area contributed by atoms with Gasteiger partial charge in [-0.15, -0.1) is 0 Å². The summed E-state index contributed by atoms with van der Waals surface area (Å²) in [4.78, 5) is 28.3. The first-order valence-corrected chi connectivity index (χ1v) is 8.68. The first-order valence-electron chi connectivity index (χ1n) is 7.92. The molecule has 0 bridgehead atoms. The van der Waals surface area contributed by atoms with Gasteiger partial charge in [0, 0.05) is 6.20 Å². The molecule has 0 radical (unpaired) electrons. The molecule has 0 saturated heterocycles. The molecule has 0 fully saturated rings. The minimum atomic E-state index is -1.19. The number of nitrogens with one attached hydrogen (secondary N) is 1. The number of aromatic nitrogens is 1. The maximum Gasteiger partial charge on any atom is 0.349 e. The zero-order valence-corrected chi connectivity index (χ0v) is 16.4. The van der Waals surface area contributed by atoms with Crippen molar-refractivity contribution in [3.8, 4) is 11.8 Å². The Kier molecular flexibility index (Phi) is 7.38. The van der Waals surface area contributed by atoms with Crippen LogP contribution in [0.5, 0.6) is 5.75 Å². The van der Waals surface area contributed by atoms with Gasteiger partial charge in [-0.2, -0.15) is 5.26 Å². The summed E-state index contributed by atoms with van der Waals surface area (Å²) in [6, 6.07) is 9.89. The number of nitrogens with zero attached hydrogens (tertiary/aromatic N) is 2. The molecule has 1 N–H and O–H groups in total. The third kappa shape index (κ3) is 5.71. The molecule has 9 heteroatoms. The molecule has 1 aromatic heterocycles. The predicted octanol–water partition coefficient (Wildman–Crippen LogP) is 3.87. The van der Waals surface area contributed by atoms with Crippen LogP contribution in [0, 0.1) is 11.3 Å². The number of methoxy groups -OCH3 is 1. The maximum absolute atomic E-state index is 12.2. The average molecular weight is 420 g/mol. The highest BCUT2D eigenvalue weighted by molar-refractivity contribution is 6.36. The fourth-order valence-corrected chi connectivity index (χ4v) is 2.43. The van der Waals surface area contributed by atoms with Crippen LogP contribution >= 0.6 is 23.2 Å². The average Bonchev–Trinajstić information content (AvgIpc) is 2.68. The fourth-order valence-electron chi connectivity index (χ4n) is 2.01. The standard InChI is InChI=1S/C19H15Cl2N3O4/c1-11(18(25)24-17-16(21)8-14(20)10-23-17)28-19(26)13(9-22)7-12-3-5-15(27-2)6-4-12/h3-8,10-11H,1-2H3,(H,23,24,25)/b13-7+. The van der Waals surface area contributed by atoms with Crippen molar-refractivity contribution in [3.63, 3.8) is 0 Å². The Labute approximate surface area is 171 Å². The van der Waals surface area contributed by atoms with Gasteiger partial charge in [-0.1, -0.05) is 35.3 Å². The van der Waals surface area contributed by atoms with Gasteiger partial charge >= 0.3 is 5.97 Å². The third-order valence-electron chi connectivity index (χ3n) is 3.47. The summed E-state index contributed by atoms with van der Waals surface area (Å²) < 4.78 is 10.1. The van der Waals surface area contributed by atoms with E-state index in [0.29, 0.717) is 16.3 Å². The van der Waals surface area contributed by atoms with E-state index in [1.165, 1.54) is 32.4 Å². The molecule has 0 saturated carbocycles. The Morgan fingerprint density at radius 1 is 1.29 bits per heavy atom. The fraction of sp³-hybridized carbons (Fsp3) is 0.158. The van der Waals surface area contributed by atoms with E-state index >= 15 is 0 Å². The number of halogens is 2. The van der Waals surface area contributed by atoms with Gasteiger partial charge < -0.3 is 14.8 Å². The minimum Gasteiger partial charge on any atom is -0.497 e. The van der Waals surface area contributed by atoms with Gasteiger partial charge in [0.25, 0.3) is 5.91 Å². The molecule has 0 aliphatic carbocycles. The van der Waals surface area contributed by atoms with Crippen LogP contribution in [0.15, 0.2) is 42.1 Å². The monoisotopic (exact) mass is 419 g/mol. The number of ether oxygens (including phenoxy) is 2. The normalized spacial score (nSPS) is 11.9. The lowest BCUT2D eigenvalue weighted by atomic mass is 10.1. The van der Waals surface area contributed by atoms with E-state index in [9.17, 15) is 14.9 Å². The van der Waals surface area contributed by atoms with Crippen LogP contribution in [0.2, 0.25) is 10.0 Å². The van der Waals surface area contributed by atoms with E-state index in [-0.39, 0.29) is 16.4 Å². The Hall–Kier alpha value is -3.08. The Morgan fingerprint density at radius 3 is 2.54 bits per heavy atom. The SMILES string of the molecule is COc1ccc(/C=C(\C#N)C(=O)OC(C)C(=O)Nc2ncc(Cl)cc2Cl)cc1. The summed E-state index contributed by atoms with van der Waals surface area (Å²) in [5, 5.41) is 12.1. The number of carbonyl (C=O) groups is 2. The molecule has 1 heterocycles. The van der Waals surface area contributed by atoms with Gasteiger partial charge in [0.15, 0.2) is 11.9 Å². The highest BCUT2D eigenvalue weighted by Gasteiger charge is 2.21. The third-order valence-corrected chi connectivity index (χ3v) is 3.96. The van der Waals surface area contributed by atoms with Crippen LogP contribution in [0.4, 0.5) is 5.82 Å². The Morgan fingerprint density at radius 2 is 1.96 bits per heavy atom. The quantitative estimate of drug-likeness (QED) is 0.433. The zero-order chi connectivity index (χ0) is 20.7. The highest BCUT2D eigenvalue weighted by Crippen LogP contribution is 2.22. The van der Waals surface area contributed by atoms with Crippen molar-refractivity contribution in [2.75, 3.05) is 12.4 Å². The molecule has 1 atom stereocenters. The number of hydrogen-bond donors (Lipinski definition) is 1. The van der Waals surface area contributed by atoms with E-state index < -0.39 is 18.0 Å². The second-order valence-corrected chi connectivity index (χ2v) is 6.31. The molecule has 2 rings (SSSR count). The number of rotatable bonds is 6. The summed E-state index contributed by atoms with van der Waals surface area (Å²) in [5.74, 6) is -0.880. The minimum absolute atomic E-state index is 0.0771. The summed E-state index contributed by atoms with van der Waals surface area (Å²) in [6.45, 7) is 1.36. The molecule has 1 unspecified atom stereocenters. The van der Waals surface area contributed by atoms with E-state index in [4.69, 9.17) is 32.7 Å². The first-order chi connectivity index (χ1) is 13.3. The van der Waals surface area contributed by atoms with Crippen molar-refractivity contribution >= 4 is 47.0 Å². The molecule has 7 nitrogen and oxygen atoms in total. The van der Waals surface area contributed by atoms with Crippen LogP contribution in [-0.4, -0.2) is 30.1 Å². The van der Waals surface area contributed by atoms with Gasteiger partial charge in [-0.25, -0.2) is 9.78 Å². The van der Waals surface area contributed by atoms with Gasteiger partial charge in [0.05, 0.1) is 17.2 Å². The van der Waals surface area contributed by atoms with Crippen LogP contribution in [0.3, 0.4) is 0 Å². The van der Waals surface area contributed by atoms with Crippen molar-refractivity contribution in [2.45, 2.75) is 13.0 Å². The summed E-state index contributed by atoms with van der Waals surface area (Å²) in [7, 11) is 1.53. The van der Waals surface area contributed by atoms with E-state index in [1.807, 2.05) is 0 Å². The molecule has 0 aliphatic rings.